The van der Waals surface area contributed by atoms with Crippen LogP contribution < -0.4 is 4.90 Å². The summed E-state index contributed by atoms with van der Waals surface area (Å²) < 4.78 is 0. The Balaban J connectivity index is 2.90. The van der Waals surface area contributed by atoms with Crippen molar-refractivity contribution in [3.8, 4) is 0 Å². The van der Waals surface area contributed by atoms with E-state index in [0.29, 0.717) is 5.41 Å². The van der Waals surface area contributed by atoms with Gasteiger partial charge in [-0.3, -0.25) is 0 Å². The Morgan fingerprint density at radius 3 is 1.95 bits per heavy atom. The first kappa shape index (κ1) is 17.6. The topological polar surface area (TPSA) is 3.24 Å². The minimum atomic E-state index is 0.407. The van der Waals surface area contributed by atoms with Crippen molar-refractivity contribution < 1.29 is 0 Å². The maximum absolute atomic E-state index is 3.79. The Kier molecular flexibility index (Phi) is 7.65. The summed E-state index contributed by atoms with van der Waals surface area (Å²) in [6.45, 7) is 11.2. The van der Waals surface area contributed by atoms with Crippen molar-refractivity contribution in [3.63, 3.8) is 0 Å². The molecule has 0 N–H and O–H groups in total. The van der Waals surface area contributed by atoms with E-state index in [4.69, 9.17) is 0 Å². The van der Waals surface area contributed by atoms with Gasteiger partial charge in [0.2, 0.25) is 0 Å². The van der Waals surface area contributed by atoms with Crippen molar-refractivity contribution in [2.24, 2.45) is 5.41 Å². The molecule has 0 amide bonds. The van der Waals surface area contributed by atoms with Gasteiger partial charge in [-0.15, -0.1) is 0 Å². The van der Waals surface area contributed by atoms with Crippen LogP contribution in [0.25, 0.3) is 0 Å². The van der Waals surface area contributed by atoms with Gasteiger partial charge in [-0.2, -0.15) is 0 Å². The summed E-state index contributed by atoms with van der Waals surface area (Å²) in [7, 11) is 0. The molecule has 0 saturated carbocycles. The van der Waals surface area contributed by atoms with E-state index in [1.165, 1.54) is 36.9 Å². The number of rotatable bonds is 9. The van der Waals surface area contributed by atoms with E-state index in [-0.39, 0.29) is 0 Å². The lowest BCUT2D eigenvalue weighted by Gasteiger charge is -2.38. The van der Waals surface area contributed by atoms with Gasteiger partial charge >= 0.3 is 0 Å². The number of alkyl halides is 1. The molecule has 0 fully saturated rings. The van der Waals surface area contributed by atoms with E-state index in [9.17, 15) is 0 Å². The smallest absolute Gasteiger partial charge is 0.0366 e. The number of nitrogens with zero attached hydrogens (tertiary/aromatic N) is 1. The van der Waals surface area contributed by atoms with Gasteiger partial charge in [0, 0.05) is 24.1 Å². The van der Waals surface area contributed by atoms with E-state index in [2.05, 4.69) is 72.8 Å². The lowest BCUT2D eigenvalue weighted by molar-refractivity contribution is 0.280. The van der Waals surface area contributed by atoms with E-state index >= 15 is 0 Å². The molecule has 0 aliphatic rings. The van der Waals surface area contributed by atoms with Crippen LogP contribution >= 0.6 is 15.9 Å². The average Bonchev–Trinajstić information content (AvgIpc) is 2.46. The summed E-state index contributed by atoms with van der Waals surface area (Å²) in [4.78, 5) is 2.53. The molecule has 0 aromatic heterocycles. The molecule has 0 atom stereocenters. The molecule has 0 bridgehead atoms. The first-order valence-corrected chi connectivity index (χ1v) is 9.10. The predicted octanol–water partition coefficient (Wildman–Crippen LogP) is 5.80. The molecule has 0 aliphatic carbocycles. The van der Waals surface area contributed by atoms with Gasteiger partial charge in [-0.05, 0) is 44.2 Å². The lowest BCUT2D eigenvalue weighted by Crippen LogP contribution is -2.39. The molecule has 0 aliphatic heterocycles. The van der Waals surface area contributed by atoms with Crippen molar-refractivity contribution in [2.45, 2.75) is 53.4 Å². The van der Waals surface area contributed by atoms with Gasteiger partial charge in [0.05, 0.1) is 0 Å². The van der Waals surface area contributed by atoms with Crippen molar-refractivity contribution in [1.29, 1.82) is 0 Å². The van der Waals surface area contributed by atoms with Crippen LogP contribution in [0.2, 0.25) is 0 Å². The normalized spacial score (nSPS) is 11.7. The fourth-order valence-corrected chi connectivity index (χ4v) is 3.80. The maximum Gasteiger partial charge on any atom is 0.0366 e. The molecule has 0 saturated heterocycles. The van der Waals surface area contributed by atoms with Crippen molar-refractivity contribution in [1.82, 2.24) is 0 Å². The molecule has 1 nitrogen and oxygen atoms in total. The van der Waals surface area contributed by atoms with E-state index in [0.717, 1.165) is 18.4 Å². The quantitative estimate of drug-likeness (QED) is 0.513. The molecule has 1 aromatic carbocycles. The second-order valence-electron chi connectivity index (χ2n) is 5.98. The van der Waals surface area contributed by atoms with Crippen LogP contribution in [-0.4, -0.2) is 18.4 Å². The van der Waals surface area contributed by atoms with Gasteiger partial charge < -0.3 is 4.90 Å². The predicted molar refractivity (Wildman–Crippen MR) is 95.1 cm³/mol. The number of aryl methyl sites for hydroxylation is 1. The minimum absolute atomic E-state index is 0.407. The van der Waals surface area contributed by atoms with Crippen LogP contribution in [-0.2, 0) is 0 Å². The van der Waals surface area contributed by atoms with Crippen LogP contribution in [0, 0.1) is 12.3 Å². The SMILES string of the molecule is CCCC(CBr)(CCC)CN(CC)c1ccc(C)cc1. The van der Waals surface area contributed by atoms with Gasteiger partial charge in [0.25, 0.3) is 0 Å². The van der Waals surface area contributed by atoms with Gasteiger partial charge in [-0.1, -0.05) is 60.3 Å². The van der Waals surface area contributed by atoms with E-state index < -0.39 is 0 Å². The van der Waals surface area contributed by atoms with Crippen LogP contribution in [0.5, 0.6) is 0 Å². The van der Waals surface area contributed by atoms with Gasteiger partial charge in [0.15, 0.2) is 0 Å². The number of halogens is 1. The number of benzene rings is 1. The first-order chi connectivity index (χ1) is 9.60. The molecule has 114 valence electrons. The second-order valence-corrected chi connectivity index (χ2v) is 6.54. The average molecular weight is 340 g/mol. The number of anilines is 1. The summed E-state index contributed by atoms with van der Waals surface area (Å²) in [5.41, 5.74) is 3.10. The lowest BCUT2D eigenvalue weighted by atomic mass is 9.80. The van der Waals surface area contributed by atoms with Crippen LogP contribution in [0.1, 0.15) is 52.0 Å². The zero-order valence-corrected chi connectivity index (χ0v) is 15.2. The highest BCUT2D eigenvalue weighted by Gasteiger charge is 2.29. The largest absolute Gasteiger partial charge is 0.371 e. The fourth-order valence-electron chi connectivity index (χ4n) is 3.07. The summed E-state index contributed by atoms with van der Waals surface area (Å²) in [5, 5.41) is 1.10. The number of hydrogen-bond donors (Lipinski definition) is 0. The zero-order valence-electron chi connectivity index (χ0n) is 13.6. The zero-order chi connectivity index (χ0) is 15.0. The fraction of sp³-hybridized carbons (Fsp3) is 0.667. The van der Waals surface area contributed by atoms with Crippen LogP contribution in [0.3, 0.4) is 0 Å². The Bertz CT molecular complexity index is 366. The molecule has 0 unspecified atom stereocenters. The van der Waals surface area contributed by atoms with E-state index in [1.807, 2.05) is 0 Å². The van der Waals surface area contributed by atoms with Crippen LogP contribution in [0.15, 0.2) is 24.3 Å². The third-order valence-corrected chi connectivity index (χ3v) is 5.34. The second kappa shape index (κ2) is 8.71. The maximum atomic E-state index is 3.79. The molecule has 2 heteroatoms. The summed E-state index contributed by atoms with van der Waals surface area (Å²) in [6, 6.07) is 8.95. The summed E-state index contributed by atoms with van der Waals surface area (Å²) in [5.74, 6) is 0. The standard InChI is InChI=1S/C18H30BrN/c1-5-12-18(14-19,13-6-2)15-20(7-3)17-10-8-16(4)9-11-17/h8-11H,5-7,12-15H2,1-4H3. The molecule has 0 spiro atoms. The summed E-state index contributed by atoms with van der Waals surface area (Å²) in [6.07, 6.45) is 5.12. The Labute approximate surface area is 133 Å². The molecule has 1 aromatic rings. The highest BCUT2D eigenvalue weighted by Crippen LogP contribution is 2.34. The summed E-state index contributed by atoms with van der Waals surface area (Å²) >= 11 is 3.79. The Hall–Kier alpha value is -0.500. The molecule has 0 radical (unpaired) electrons. The monoisotopic (exact) mass is 339 g/mol. The first-order valence-electron chi connectivity index (χ1n) is 7.98. The molecular formula is C18H30BrN. The third-order valence-electron chi connectivity index (χ3n) is 4.15. The molecule has 0 heterocycles. The van der Waals surface area contributed by atoms with Gasteiger partial charge in [-0.25, -0.2) is 0 Å². The van der Waals surface area contributed by atoms with E-state index in [1.54, 1.807) is 0 Å². The van der Waals surface area contributed by atoms with Crippen LogP contribution in [0.4, 0.5) is 5.69 Å². The van der Waals surface area contributed by atoms with Crippen molar-refractivity contribution in [2.75, 3.05) is 23.3 Å². The molecular weight excluding hydrogens is 310 g/mol. The molecule has 20 heavy (non-hydrogen) atoms. The van der Waals surface area contributed by atoms with Gasteiger partial charge in [0.1, 0.15) is 0 Å². The highest BCUT2D eigenvalue weighted by atomic mass is 79.9. The Morgan fingerprint density at radius 2 is 1.55 bits per heavy atom. The highest BCUT2D eigenvalue weighted by molar-refractivity contribution is 9.09. The Morgan fingerprint density at radius 1 is 1.00 bits per heavy atom. The minimum Gasteiger partial charge on any atom is -0.371 e. The third kappa shape index (κ3) is 4.80. The molecule has 1 rings (SSSR count). The number of hydrogen-bond acceptors (Lipinski definition) is 1. The van der Waals surface area contributed by atoms with Crippen molar-refractivity contribution >= 4 is 21.6 Å². The van der Waals surface area contributed by atoms with Crippen molar-refractivity contribution in [3.05, 3.63) is 29.8 Å².